The van der Waals surface area contributed by atoms with Crippen LogP contribution in [-0.2, 0) is 19.8 Å². The fourth-order valence-electron chi connectivity index (χ4n) is 2.75. The molecule has 0 saturated heterocycles. The van der Waals surface area contributed by atoms with Crippen molar-refractivity contribution in [3.05, 3.63) is 70.7 Å². The monoisotopic (exact) mass is 399 g/mol. The largest absolute Gasteiger partial charge is 0.435 e. The maximum Gasteiger partial charge on any atom is 0.435 e. The van der Waals surface area contributed by atoms with Crippen LogP contribution in [0.3, 0.4) is 0 Å². The zero-order chi connectivity index (χ0) is 20.6. The molecule has 1 N–H and O–H groups in total. The van der Waals surface area contributed by atoms with Crippen LogP contribution >= 0.6 is 0 Å². The quantitative estimate of drug-likeness (QED) is 0.592. The molecule has 0 atom stereocenters. The number of halogens is 6. The molecule has 1 aromatic heterocycles. The van der Waals surface area contributed by atoms with E-state index in [-0.39, 0.29) is 17.9 Å². The van der Waals surface area contributed by atoms with Gasteiger partial charge in [0.1, 0.15) is 17.5 Å². The van der Waals surface area contributed by atoms with Crippen LogP contribution in [0.4, 0.5) is 32.0 Å². The average Bonchev–Trinajstić information content (AvgIpc) is 2.95. The zero-order valence-corrected chi connectivity index (χ0v) is 14.8. The molecule has 28 heavy (non-hydrogen) atoms. The van der Waals surface area contributed by atoms with Gasteiger partial charge in [0, 0.05) is 24.8 Å². The predicted molar refractivity (Wildman–Crippen MR) is 92.0 cm³/mol. The third-order valence-electron chi connectivity index (χ3n) is 4.16. The fraction of sp³-hybridized carbons (Fsp3) is 0.211. The second kappa shape index (κ2) is 7.21. The standard InChI is InChI=1S/C19H15F6N3/c1-10-3-4-11(13(20)5-10)9-26-12-6-14(21)18(15(22)7-12)16-8-17(19(23,24)25)27-28(16)2/h3-8,26H,9H2,1-2H3. The number of alkyl halides is 3. The van der Waals surface area contributed by atoms with Gasteiger partial charge in [0.15, 0.2) is 5.69 Å². The van der Waals surface area contributed by atoms with Gasteiger partial charge in [-0.2, -0.15) is 18.3 Å². The summed E-state index contributed by atoms with van der Waals surface area (Å²) in [7, 11) is 1.16. The van der Waals surface area contributed by atoms with Crippen LogP contribution in [0.15, 0.2) is 36.4 Å². The Morgan fingerprint density at radius 1 is 0.964 bits per heavy atom. The van der Waals surface area contributed by atoms with Crippen LogP contribution in [0.1, 0.15) is 16.8 Å². The Bertz CT molecular complexity index is 1000. The van der Waals surface area contributed by atoms with Crippen molar-refractivity contribution >= 4 is 5.69 Å². The van der Waals surface area contributed by atoms with Gasteiger partial charge in [0.25, 0.3) is 0 Å². The van der Waals surface area contributed by atoms with Crippen LogP contribution in [0.5, 0.6) is 0 Å². The van der Waals surface area contributed by atoms with Crippen LogP contribution in [0.2, 0.25) is 0 Å². The van der Waals surface area contributed by atoms with Gasteiger partial charge in [-0.1, -0.05) is 12.1 Å². The molecule has 3 aromatic rings. The number of nitrogens with one attached hydrogen (secondary N) is 1. The maximum absolute atomic E-state index is 14.5. The molecule has 2 aromatic carbocycles. The second-order valence-corrected chi connectivity index (χ2v) is 6.30. The molecule has 0 amide bonds. The molecular formula is C19H15F6N3. The number of hydrogen-bond acceptors (Lipinski definition) is 2. The summed E-state index contributed by atoms with van der Waals surface area (Å²) in [5.74, 6) is -2.59. The minimum Gasteiger partial charge on any atom is -0.381 e. The van der Waals surface area contributed by atoms with E-state index in [1.165, 1.54) is 6.07 Å². The maximum atomic E-state index is 14.5. The highest BCUT2D eigenvalue weighted by molar-refractivity contribution is 5.65. The second-order valence-electron chi connectivity index (χ2n) is 6.30. The van der Waals surface area contributed by atoms with E-state index < -0.39 is 34.9 Å². The third-order valence-corrected chi connectivity index (χ3v) is 4.16. The molecule has 0 aliphatic carbocycles. The van der Waals surface area contributed by atoms with Crippen molar-refractivity contribution < 1.29 is 26.3 Å². The molecule has 3 nitrogen and oxygen atoms in total. The number of aryl methyl sites for hydroxylation is 2. The summed E-state index contributed by atoms with van der Waals surface area (Å²) in [4.78, 5) is 0. The van der Waals surface area contributed by atoms with Gasteiger partial charge in [0.2, 0.25) is 0 Å². The highest BCUT2D eigenvalue weighted by atomic mass is 19.4. The Kier molecular flexibility index (Phi) is 5.10. The number of hydrogen-bond donors (Lipinski definition) is 1. The number of aromatic nitrogens is 2. The Balaban J connectivity index is 1.88. The number of rotatable bonds is 4. The Labute approximate surface area is 156 Å². The Hall–Kier alpha value is -2.97. The summed E-state index contributed by atoms with van der Waals surface area (Å²) >= 11 is 0. The molecule has 0 fully saturated rings. The van der Waals surface area contributed by atoms with E-state index in [1.54, 1.807) is 19.1 Å². The molecule has 9 heteroatoms. The van der Waals surface area contributed by atoms with Crippen molar-refractivity contribution in [1.82, 2.24) is 9.78 Å². The molecule has 1 heterocycles. The van der Waals surface area contributed by atoms with Crippen LogP contribution in [-0.4, -0.2) is 9.78 Å². The smallest absolute Gasteiger partial charge is 0.381 e. The first-order valence-electron chi connectivity index (χ1n) is 8.16. The van der Waals surface area contributed by atoms with Gasteiger partial charge in [-0.25, -0.2) is 13.2 Å². The number of benzene rings is 2. The summed E-state index contributed by atoms with van der Waals surface area (Å²) in [5, 5.41) is 5.96. The summed E-state index contributed by atoms with van der Waals surface area (Å²) < 4.78 is 81.9. The predicted octanol–water partition coefficient (Wildman–Crippen LogP) is 5.44. The van der Waals surface area contributed by atoms with E-state index in [0.29, 0.717) is 11.6 Å². The minimum absolute atomic E-state index is 0.0196. The van der Waals surface area contributed by atoms with Crippen LogP contribution in [0, 0.1) is 24.4 Å². The summed E-state index contributed by atoms with van der Waals surface area (Å²) in [5.41, 5.74) is -1.16. The molecule has 0 unspecified atom stereocenters. The van der Waals surface area contributed by atoms with Gasteiger partial charge < -0.3 is 5.32 Å². The fourth-order valence-corrected chi connectivity index (χ4v) is 2.75. The van der Waals surface area contributed by atoms with Crippen molar-refractivity contribution in [3.63, 3.8) is 0 Å². The molecule has 0 aliphatic rings. The normalized spacial score (nSPS) is 11.7. The lowest BCUT2D eigenvalue weighted by atomic mass is 10.1. The minimum atomic E-state index is -4.73. The van der Waals surface area contributed by atoms with Gasteiger partial charge in [-0.15, -0.1) is 0 Å². The van der Waals surface area contributed by atoms with Gasteiger partial charge >= 0.3 is 6.18 Å². The van der Waals surface area contributed by atoms with Crippen molar-refractivity contribution in [3.8, 4) is 11.3 Å². The molecule has 0 radical (unpaired) electrons. The van der Waals surface area contributed by atoms with Crippen molar-refractivity contribution in [2.75, 3.05) is 5.32 Å². The first kappa shape index (κ1) is 19.8. The van der Waals surface area contributed by atoms with E-state index in [2.05, 4.69) is 10.4 Å². The summed E-state index contributed by atoms with van der Waals surface area (Å²) in [6.07, 6.45) is -4.73. The number of anilines is 1. The first-order valence-corrected chi connectivity index (χ1v) is 8.16. The van der Waals surface area contributed by atoms with E-state index in [1.807, 2.05) is 0 Å². The van der Waals surface area contributed by atoms with Gasteiger partial charge in [-0.05, 0) is 36.8 Å². The average molecular weight is 399 g/mol. The lowest BCUT2D eigenvalue weighted by molar-refractivity contribution is -0.141. The van der Waals surface area contributed by atoms with Crippen LogP contribution < -0.4 is 5.32 Å². The van der Waals surface area contributed by atoms with Gasteiger partial charge in [0.05, 0.1) is 11.3 Å². The molecule has 0 saturated carbocycles. The van der Waals surface area contributed by atoms with Crippen molar-refractivity contribution in [1.29, 1.82) is 0 Å². The lowest BCUT2D eigenvalue weighted by Crippen LogP contribution is -2.06. The molecule has 0 bridgehead atoms. The Morgan fingerprint density at radius 2 is 1.61 bits per heavy atom. The van der Waals surface area contributed by atoms with E-state index >= 15 is 0 Å². The summed E-state index contributed by atoms with van der Waals surface area (Å²) in [6.45, 7) is 1.71. The molecule has 3 rings (SSSR count). The molecule has 0 aliphatic heterocycles. The molecule has 0 spiro atoms. The lowest BCUT2D eigenvalue weighted by Gasteiger charge is -2.11. The van der Waals surface area contributed by atoms with E-state index in [0.717, 1.165) is 29.4 Å². The zero-order valence-electron chi connectivity index (χ0n) is 14.8. The highest BCUT2D eigenvalue weighted by Crippen LogP contribution is 2.34. The van der Waals surface area contributed by atoms with Crippen molar-refractivity contribution in [2.45, 2.75) is 19.6 Å². The van der Waals surface area contributed by atoms with Gasteiger partial charge in [-0.3, -0.25) is 4.68 Å². The topological polar surface area (TPSA) is 29.9 Å². The third kappa shape index (κ3) is 3.97. The highest BCUT2D eigenvalue weighted by Gasteiger charge is 2.35. The van der Waals surface area contributed by atoms with Crippen LogP contribution in [0.25, 0.3) is 11.3 Å². The van der Waals surface area contributed by atoms with Crippen molar-refractivity contribution in [2.24, 2.45) is 7.05 Å². The van der Waals surface area contributed by atoms with E-state index in [9.17, 15) is 26.3 Å². The summed E-state index contributed by atoms with van der Waals surface area (Å²) in [6, 6.07) is 7.03. The number of nitrogens with zero attached hydrogens (tertiary/aromatic N) is 2. The SMILES string of the molecule is Cc1ccc(CNc2cc(F)c(-c3cc(C(F)(F)F)nn3C)c(F)c2)c(F)c1. The molecule has 148 valence electrons. The first-order chi connectivity index (χ1) is 13.1. The molecular weight excluding hydrogens is 384 g/mol. The Morgan fingerprint density at radius 3 is 2.14 bits per heavy atom. The van der Waals surface area contributed by atoms with E-state index in [4.69, 9.17) is 0 Å².